The van der Waals surface area contributed by atoms with Crippen LogP contribution in [0.15, 0.2) is 47.4 Å². The van der Waals surface area contributed by atoms with Gasteiger partial charge < -0.3 is 19.9 Å². The Kier molecular flexibility index (Phi) is 5.46. The smallest absolute Gasteiger partial charge is 0.255 e. The Morgan fingerprint density at radius 3 is 2.54 bits per heavy atom. The second-order valence-electron chi connectivity index (χ2n) is 8.47. The Labute approximate surface area is 165 Å². The number of hydrogen-bond acceptors (Lipinski definition) is 4. The average Bonchev–Trinajstić information content (AvgIpc) is 2.65. The van der Waals surface area contributed by atoms with E-state index in [4.69, 9.17) is 0 Å². The van der Waals surface area contributed by atoms with Crippen LogP contribution >= 0.6 is 0 Å². The minimum absolute atomic E-state index is 0.156. The SMILES string of the molecule is CN(C)C(=O)c1cn(CC2(O)CCNCC2(C)C)c(=O)cc1-c1ccccc1. The van der Waals surface area contributed by atoms with Gasteiger partial charge >= 0.3 is 0 Å². The van der Waals surface area contributed by atoms with E-state index in [1.165, 1.54) is 15.5 Å². The van der Waals surface area contributed by atoms with E-state index >= 15 is 0 Å². The summed E-state index contributed by atoms with van der Waals surface area (Å²) < 4.78 is 1.48. The van der Waals surface area contributed by atoms with Crippen molar-refractivity contribution in [1.29, 1.82) is 0 Å². The highest BCUT2D eigenvalue weighted by Gasteiger charge is 2.45. The summed E-state index contributed by atoms with van der Waals surface area (Å²) in [5, 5.41) is 14.6. The zero-order chi connectivity index (χ0) is 20.5. The van der Waals surface area contributed by atoms with E-state index in [1.54, 1.807) is 20.3 Å². The van der Waals surface area contributed by atoms with Crippen molar-refractivity contribution in [2.45, 2.75) is 32.4 Å². The van der Waals surface area contributed by atoms with Crippen LogP contribution < -0.4 is 10.9 Å². The maximum Gasteiger partial charge on any atom is 0.255 e. The molecule has 6 nitrogen and oxygen atoms in total. The molecule has 28 heavy (non-hydrogen) atoms. The molecule has 1 aliphatic rings. The van der Waals surface area contributed by atoms with Crippen molar-refractivity contribution in [2.24, 2.45) is 5.41 Å². The molecule has 1 aliphatic heterocycles. The summed E-state index contributed by atoms with van der Waals surface area (Å²) in [6, 6.07) is 10.9. The quantitative estimate of drug-likeness (QED) is 0.847. The van der Waals surface area contributed by atoms with Crippen molar-refractivity contribution in [3.8, 4) is 11.1 Å². The fourth-order valence-electron chi connectivity index (χ4n) is 3.74. The van der Waals surface area contributed by atoms with Gasteiger partial charge in [0.05, 0.1) is 17.7 Å². The lowest BCUT2D eigenvalue weighted by Crippen LogP contribution is -2.58. The van der Waals surface area contributed by atoms with Crippen LogP contribution in [0.3, 0.4) is 0 Å². The first-order valence-electron chi connectivity index (χ1n) is 9.59. The number of carbonyl (C=O) groups is 1. The normalized spacial score (nSPS) is 21.3. The van der Waals surface area contributed by atoms with Crippen molar-refractivity contribution >= 4 is 5.91 Å². The van der Waals surface area contributed by atoms with Gasteiger partial charge in [-0.25, -0.2) is 0 Å². The van der Waals surface area contributed by atoms with Crippen molar-refractivity contribution in [3.05, 3.63) is 58.5 Å². The fourth-order valence-corrected chi connectivity index (χ4v) is 3.74. The number of hydrogen-bond donors (Lipinski definition) is 2. The molecule has 1 amide bonds. The van der Waals surface area contributed by atoms with Crippen LogP contribution in [0.2, 0.25) is 0 Å². The molecule has 0 bridgehead atoms. The molecule has 2 heterocycles. The van der Waals surface area contributed by atoms with Gasteiger partial charge in [0.25, 0.3) is 11.5 Å². The topological polar surface area (TPSA) is 74.6 Å². The summed E-state index contributed by atoms with van der Waals surface area (Å²) in [6.07, 6.45) is 2.15. The fraction of sp³-hybridized carbons (Fsp3) is 0.455. The molecule has 1 unspecified atom stereocenters. The third-order valence-electron chi connectivity index (χ3n) is 5.82. The predicted octanol–water partition coefficient (Wildman–Crippen LogP) is 1.97. The van der Waals surface area contributed by atoms with Crippen LogP contribution in [0.4, 0.5) is 0 Å². The Hall–Kier alpha value is -2.44. The Morgan fingerprint density at radius 1 is 1.25 bits per heavy atom. The Bertz CT molecular complexity index is 918. The lowest BCUT2D eigenvalue weighted by Gasteiger charge is -2.47. The standard InChI is InChI=1S/C22H29N3O3/c1-21(2)14-23-11-10-22(21,28)15-25-13-18(20(27)24(3)4)17(12-19(25)26)16-8-6-5-7-9-16/h5-9,12-13,23,28H,10-11,14-15H2,1-4H3. The number of pyridine rings is 1. The molecule has 6 heteroatoms. The number of piperidine rings is 1. The van der Waals surface area contributed by atoms with E-state index in [1.807, 2.05) is 44.2 Å². The molecule has 1 atom stereocenters. The largest absolute Gasteiger partial charge is 0.387 e. The van der Waals surface area contributed by atoms with Crippen LogP contribution in [-0.2, 0) is 6.54 Å². The second kappa shape index (κ2) is 7.53. The molecule has 1 aromatic carbocycles. The maximum absolute atomic E-state index is 12.9. The second-order valence-corrected chi connectivity index (χ2v) is 8.47. The van der Waals surface area contributed by atoms with Gasteiger partial charge in [-0.15, -0.1) is 0 Å². The van der Waals surface area contributed by atoms with Gasteiger partial charge in [-0.1, -0.05) is 44.2 Å². The summed E-state index contributed by atoms with van der Waals surface area (Å²) in [6.45, 7) is 5.51. The van der Waals surface area contributed by atoms with Crippen molar-refractivity contribution < 1.29 is 9.90 Å². The van der Waals surface area contributed by atoms with Gasteiger partial charge in [0.2, 0.25) is 0 Å². The molecule has 2 aromatic rings. The number of nitrogens with zero attached hydrogens (tertiary/aromatic N) is 2. The summed E-state index contributed by atoms with van der Waals surface area (Å²) in [5.41, 5.74) is 0.224. The van der Waals surface area contributed by atoms with Crippen molar-refractivity contribution in [3.63, 3.8) is 0 Å². The lowest BCUT2D eigenvalue weighted by atomic mass is 9.70. The molecule has 0 aliphatic carbocycles. The highest BCUT2D eigenvalue weighted by molar-refractivity contribution is 6.00. The number of aromatic nitrogens is 1. The van der Waals surface area contributed by atoms with E-state index in [-0.39, 0.29) is 18.0 Å². The van der Waals surface area contributed by atoms with Gasteiger partial charge in [0, 0.05) is 43.9 Å². The molecule has 1 saturated heterocycles. The molecule has 3 rings (SSSR count). The predicted molar refractivity (Wildman–Crippen MR) is 110 cm³/mol. The summed E-state index contributed by atoms with van der Waals surface area (Å²) in [7, 11) is 3.38. The first kappa shape index (κ1) is 20.3. The number of nitrogens with one attached hydrogen (secondary N) is 1. The number of amides is 1. The maximum atomic E-state index is 12.9. The zero-order valence-corrected chi connectivity index (χ0v) is 17.0. The highest BCUT2D eigenvalue weighted by atomic mass is 16.3. The van der Waals surface area contributed by atoms with Crippen LogP contribution in [0, 0.1) is 5.41 Å². The van der Waals surface area contributed by atoms with Gasteiger partial charge in [0.15, 0.2) is 0 Å². The number of carbonyl (C=O) groups excluding carboxylic acids is 1. The zero-order valence-electron chi connectivity index (χ0n) is 17.0. The van der Waals surface area contributed by atoms with Crippen LogP contribution in [-0.4, -0.2) is 53.3 Å². The summed E-state index contributed by atoms with van der Waals surface area (Å²) in [5.74, 6) is -0.177. The van der Waals surface area contributed by atoms with Crippen molar-refractivity contribution in [2.75, 3.05) is 27.2 Å². The summed E-state index contributed by atoms with van der Waals surface area (Å²) >= 11 is 0. The highest BCUT2D eigenvalue weighted by Crippen LogP contribution is 2.37. The Balaban J connectivity index is 2.10. The molecule has 1 aromatic heterocycles. The molecular formula is C22H29N3O3. The molecule has 2 N–H and O–H groups in total. The summed E-state index contributed by atoms with van der Waals surface area (Å²) in [4.78, 5) is 27.2. The van der Waals surface area contributed by atoms with Crippen molar-refractivity contribution in [1.82, 2.24) is 14.8 Å². The molecule has 0 saturated carbocycles. The van der Waals surface area contributed by atoms with Gasteiger partial charge in [-0.2, -0.15) is 0 Å². The third kappa shape index (κ3) is 3.75. The number of benzene rings is 1. The molecule has 0 radical (unpaired) electrons. The average molecular weight is 383 g/mol. The van der Waals surface area contributed by atoms with E-state index in [2.05, 4.69) is 5.32 Å². The van der Waals surface area contributed by atoms with Crippen LogP contribution in [0.5, 0.6) is 0 Å². The minimum Gasteiger partial charge on any atom is -0.387 e. The number of aliphatic hydroxyl groups is 1. The van der Waals surface area contributed by atoms with E-state index in [9.17, 15) is 14.7 Å². The first-order chi connectivity index (χ1) is 13.1. The molecule has 0 spiro atoms. The molecular weight excluding hydrogens is 354 g/mol. The number of rotatable bonds is 4. The van der Waals surface area contributed by atoms with E-state index in [0.717, 1.165) is 5.56 Å². The molecule has 150 valence electrons. The Morgan fingerprint density at radius 2 is 1.93 bits per heavy atom. The third-order valence-corrected chi connectivity index (χ3v) is 5.82. The van der Waals surface area contributed by atoms with Gasteiger partial charge in [-0.05, 0) is 18.5 Å². The van der Waals surface area contributed by atoms with E-state index in [0.29, 0.717) is 30.6 Å². The monoisotopic (exact) mass is 383 g/mol. The van der Waals surface area contributed by atoms with Gasteiger partial charge in [0.1, 0.15) is 0 Å². The molecule has 1 fully saturated rings. The minimum atomic E-state index is -1.03. The van der Waals surface area contributed by atoms with Crippen LogP contribution in [0.1, 0.15) is 30.6 Å². The van der Waals surface area contributed by atoms with Gasteiger partial charge in [-0.3, -0.25) is 9.59 Å². The van der Waals surface area contributed by atoms with E-state index < -0.39 is 11.0 Å². The van der Waals surface area contributed by atoms with Crippen LogP contribution in [0.25, 0.3) is 11.1 Å². The lowest BCUT2D eigenvalue weighted by molar-refractivity contribution is -0.0998. The first-order valence-corrected chi connectivity index (χ1v) is 9.59.